The van der Waals surface area contributed by atoms with Crippen LogP contribution in [0, 0.1) is 0 Å². The number of anilines is 1. The Labute approximate surface area is 174 Å². The standard InChI is InChI=1S/C22H23ClN4O2/c1-2-10-27-21(28)19-9-4-3-8-18(19)20(24-27)22(29)26-13-11-25(12-14-26)17-7-5-6-16(23)15-17/h3-9,15H,2,10-14H2,1H3. The molecule has 0 unspecified atom stereocenters. The van der Waals surface area contributed by atoms with Crippen molar-refractivity contribution in [2.75, 3.05) is 31.1 Å². The number of carbonyl (C=O) groups excluding carboxylic acids is 1. The summed E-state index contributed by atoms with van der Waals surface area (Å²) < 4.78 is 1.41. The average Bonchev–Trinajstić information content (AvgIpc) is 2.75. The number of piperazine rings is 1. The Morgan fingerprint density at radius 3 is 2.45 bits per heavy atom. The van der Waals surface area contributed by atoms with Crippen LogP contribution in [0.15, 0.2) is 53.3 Å². The van der Waals surface area contributed by atoms with E-state index < -0.39 is 0 Å². The number of benzene rings is 2. The van der Waals surface area contributed by atoms with Gasteiger partial charge in [-0.05, 0) is 30.7 Å². The van der Waals surface area contributed by atoms with Crippen LogP contribution < -0.4 is 10.5 Å². The topological polar surface area (TPSA) is 58.4 Å². The number of carbonyl (C=O) groups is 1. The maximum atomic E-state index is 13.3. The monoisotopic (exact) mass is 410 g/mol. The predicted molar refractivity (Wildman–Crippen MR) is 116 cm³/mol. The Morgan fingerprint density at radius 2 is 1.76 bits per heavy atom. The highest BCUT2D eigenvalue weighted by molar-refractivity contribution is 6.30. The van der Waals surface area contributed by atoms with E-state index in [1.165, 1.54) is 4.68 Å². The molecule has 1 aliphatic rings. The van der Waals surface area contributed by atoms with Gasteiger partial charge >= 0.3 is 0 Å². The van der Waals surface area contributed by atoms with Gasteiger partial charge in [-0.15, -0.1) is 0 Å². The summed E-state index contributed by atoms with van der Waals surface area (Å²) in [6.45, 7) is 5.10. The fourth-order valence-electron chi connectivity index (χ4n) is 3.75. The minimum atomic E-state index is -0.148. The lowest BCUT2D eigenvalue weighted by Crippen LogP contribution is -2.49. The molecule has 2 aromatic carbocycles. The van der Waals surface area contributed by atoms with E-state index in [2.05, 4.69) is 10.00 Å². The fourth-order valence-corrected chi connectivity index (χ4v) is 3.93. The number of hydrogen-bond donors (Lipinski definition) is 0. The first kappa shape index (κ1) is 19.5. The zero-order valence-corrected chi connectivity index (χ0v) is 17.1. The normalized spacial score (nSPS) is 14.4. The molecule has 2 heterocycles. The van der Waals surface area contributed by atoms with Gasteiger partial charge in [-0.25, -0.2) is 4.68 Å². The molecule has 0 bridgehead atoms. The summed E-state index contributed by atoms with van der Waals surface area (Å²) in [5.74, 6) is -0.128. The Bertz CT molecular complexity index is 1100. The number of fused-ring (bicyclic) bond motifs is 1. The van der Waals surface area contributed by atoms with Crippen molar-refractivity contribution in [1.29, 1.82) is 0 Å². The summed E-state index contributed by atoms with van der Waals surface area (Å²) >= 11 is 6.10. The molecule has 3 aromatic rings. The summed E-state index contributed by atoms with van der Waals surface area (Å²) in [6.07, 6.45) is 0.775. The third-order valence-electron chi connectivity index (χ3n) is 5.25. The molecule has 0 atom stereocenters. The van der Waals surface area contributed by atoms with Crippen molar-refractivity contribution >= 4 is 34.0 Å². The molecule has 0 radical (unpaired) electrons. The lowest BCUT2D eigenvalue weighted by atomic mass is 10.1. The van der Waals surface area contributed by atoms with Crippen LogP contribution >= 0.6 is 11.6 Å². The van der Waals surface area contributed by atoms with Gasteiger partial charge in [0.25, 0.3) is 11.5 Å². The molecule has 0 saturated carbocycles. The lowest BCUT2D eigenvalue weighted by Gasteiger charge is -2.36. The molecule has 6 nitrogen and oxygen atoms in total. The van der Waals surface area contributed by atoms with Gasteiger partial charge in [0.1, 0.15) is 0 Å². The van der Waals surface area contributed by atoms with Gasteiger partial charge in [0, 0.05) is 48.8 Å². The fraction of sp³-hybridized carbons (Fsp3) is 0.318. The molecule has 4 rings (SSSR count). The minimum absolute atomic E-state index is 0.128. The Kier molecular flexibility index (Phi) is 5.53. The van der Waals surface area contributed by atoms with Gasteiger partial charge in [-0.2, -0.15) is 5.10 Å². The second kappa shape index (κ2) is 8.25. The number of amides is 1. The van der Waals surface area contributed by atoms with Gasteiger partial charge < -0.3 is 9.80 Å². The van der Waals surface area contributed by atoms with Crippen molar-refractivity contribution in [3.05, 3.63) is 69.6 Å². The molecule has 0 spiro atoms. The van der Waals surface area contributed by atoms with E-state index in [4.69, 9.17) is 11.6 Å². The predicted octanol–water partition coefficient (Wildman–Crippen LogP) is 3.42. The lowest BCUT2D eigenvalue weighted by molar-refractivity contribution is 0.0740. The minimum Gasteiger partial charge on any atom is -0.368 e. The van der Waals surface area contributed by atoms with Crippen LogP contribution in [0.2, 0.25) is 5.02 Å². The first-order valence-corrected chi connectivity index (χ1v) is 10.3. The summed E-state index contributed by atoms with van der Waals surface area (Å²) in [7, 11) is 0. The smallest absolute Gasteiger partial charge is 0.275 e. The quantitative estimate of drug-likeness (QED) is 0.661. The van der Waals surface area contributed by atoms with Crippen LogP contribution in [0.5, 0.6) is 0 Å². The van der Waals surface area contributed by atoms with Crippen molar-refractivity contribution in [1.82, 2.24) is 14.7 Å². The SMILES string of the molecule is CCCn1nc(C(=O)N2CCN(c3cccc(Cl)c3)CC2)c2ccccc2c1=O. The summed E-state index contributed by atoms with van der Waals surface area (Å²) in [6, 6.07) is 15.0. The van der Waals surface area contributed by atoms with Crippen LogP contribution in [0.1, 0.15) is 23.8 Å². The molecule has 7 heteroatoms. The highest BCUT2D eigenvalue weighted by Crippen LogP contribution is 2.22. The number of aryl methyl sites for hydroxylation is 1. The number of nitrogens with zero attached hydrogens (tertiary/aromatic N) is 4. The molecular formula is C22H23ClN4O2. The van der Waals surface area contributed by atoms with E-state index in [-0.39, 0.29) is 11.5 Å². The summed E-state index contributed by atoms with van der Waals surface area (Å²) in [4.78, 5) is 30.0. The van der Waals surface area contributed by atoms with Crippen molar-refractivity contribution < 1.29 is 4.79 Å². The summed E-state index contributed by atoms with van der Waals surface area (Å²) in [5.41, 5.74) is 1.26. The van der Waals surface area contributed by atoms with Crippen LogP contribution in [0.4, 0.5) is 5.69 Å². The average molecular weight is 411 g/mol. The highest BCUT2D eigenvalue weighted by Gasteiger charge is 2.26. The molecule has 0 N–H and O–H groups in total. The summed E-state index contributed by atoms with van der Waals surface area (Å²) in [5, 5.41) is 6.30. The van der Waals surface area contributed by atoms with Gasteiger partial charge in [-0.1, -0.05) is 42.8 Å². The second-order valence-electron chi connectivity index (χ2n) is 7.18. The third kappa shape index (κ3) is 3.85. The second-order valence-corrected chi connectivity index (χ2v) is 7.62. The Morgan fingerprint density at radius 1 is 1.03 bits per heavy atom. The number of rotatable bonds is 4. The van der Waals surface area contributed by atoms with Crippen molar-refractivity contribution in [2.24, 2.45) is 0 Å². The zero-order chi connectivity index (χ0) is 20.4. The Balaban J connectivity index is 1.60. The van der Waals surface area contributed by atoms with Crippen LogP contribution in [-0.2, 0) is 6.54 Å². The van der Waals surface area contributed by atoms with Crippen LogP contribution in [-0.4, -0.2) is 46.8 Å². The molecular weight excluding hydrogens is 388 g/mol. The molecule has 0 aliphatic carbocycles. The number of hydrogen-bond acceptors (Lipinski definition) is 4. The molecule has 1 amide bonds. The van der Waals surface area contributed by atoms with E-state index in [1.807, 2.05) is 48.2 Å². The van der Waals surface area contributed by atoms with Gasteiger partial charge in [0.2, 0.25) is 0 Å². The van der Waals surface area contributed by atoms with Crippen molar-refractivity contribution in [2.45, 2.75) is 19.9 Å². The third-order valence-corrected chi connectivity index (χ3v) is 5.48. The van der Waals surface area contributed by atoms with Crippen LogP contribution in [0.3, 0.4) is 0 Å². The van der Waals surface area contributed by atoms with E-state index in [0.29, 0.717) is 41.1 Å². The van der Waals surface area contributed by atoms with Crippen molar-refractivity contribution in [3.63, 3.8) is 0 Å². The van der Waals surface area contributed by atoms with E-state index in [0.717, 1.165) is 25.2 Å². The van der Waals surface area contributed by atoms with E-state index in [9.17, 15) is 9.59 Å². The first-order valence-electron chi connectivity index (χ1n) is 9.88. The number of aromatic nitrogens is 2. The number of halogens is 1. The molecule has 1 saturated heterocycles. The van der Waals surface area contributed by atoms with Crippen LogP contribution in [0.25, 0.3) is 10.8 Å². The zero-order valence-electron chi connectivity index (χ0n) is 16.3. The largest absolute Gasteiger partial charge is 0.368 e. The first-order chi connectivity index (χ1) is 14.1. The molecule has 29 heavy (non-hydrogen) atoms. The maximum Gasteiger partial charge on any atom is 0.275 e. The van der Waals surface area contributed by atoms with Gasteiger partial charge in [0.05, 0.1) is 5.39 Å². The molecule has 1 fully saturated rings. The molecule has 1 aliphatic heterocycles. The van der Waals surface area contributed by atoms with Gasteiger partial charge in [0.15, 0.2) is 5.69 Å². The van der Waals surface area contributed by atoms with E-state index in [1.54, 1.807) is 12.1 Å². The molecule has 1 aromatic heterocycles. The maximum absolute atomic E-state index is 13.3. The highest BCUT2D eigenvalue weighted by atomic mass is 35.5. The van der Waals surface area contributed by atoms with Crippen molar-refractivity contribution in [3.8, 4) is 0 Å². The van der Waals surface area contributed by atoms with E-state index >= 15 is 0 Å². The molecule has 150 valence electrons. The Hall–Kier alpha value is -2.86. The van der Waals surface area contributed by atoms with Gasteiger partial charge in [-0.3, -0.25) is 9.59 Å².